The Morgan fingerprint density at radius 2 is 2.17 bits per heavy atom. The van der Waals surface area contributed by atoms with Gasteiger partial charge in [0.2, 0.25) is 0 Å². The van der Waals surface area contributed by atoms with Gasteiger partial charge in [-0.25, -0.2) is 4.39 Å². The molecule has 1 heterocycles. The first-order valence-electron chi connectivity index (χ1n) is 5.33. The summed E-state index contributed by atoms with van der Waals surface area (Å²) in [6, 6.07) is 6.81. The molecule has 2 rings (SSSR count). The summed E-state index contributed by atoms with van der Waals surface area (Å²) < 4.78 is 38.8. The lowest BCUT2D eigenvalue weighted by atomic mass is 10.3. The molecule has 0 spiro atoms. The second-order valence-corrected chi connectivity index (χ2v) is 5.40. The van der Waals surface area contributed by atoms with Crippen LogP contribution in [0.5, 0.6) is 0 Å². The van der Waals surface area contributed by atoms with Crippen molar-refractivity contribution in [2.24, 2.45) is 0 Å². The maximum atomic E-state index is 13.2. The summed E-state index contributed by atoms with van der Waals surface area (Å²) in [5.41, 5.74) is 0.284. The van der Waals surface area contributed by atoms with Crippen LogP contribution in [0.4, 0.5) is 10.1 Å². The number of aromatic amines is 1. The summed E-state index contributed by atoms with van der Waals surface area (Å²) in [5.74, 6) is -0.481. The fourth-order valence-corrected chi connectivity index (χ4v) is 3.00. The molecule has 1 N–H and O–H groups in total. The fourth-order valence-electron chi connectivity index (χ4n) is 1.63. The third kappa shape index (κ3) is 2.21. The molecule has 0 aliphatic carbocycles. The minimum Gasteiger partial charge on any atom is -0.266 e. The Labute approximate surface area is 104 Å². The third-order valence-electron chi connectivity index (χ3n) is 2.43. The Morgan fingerprint density at radius 1 is 1.39 bits per heavy atom. The lowest BCUT2D eigenvalue weighted by Crippen LogP contribution is -2.31. The average molecular weight is 269 g/mol. The Balaban J connectivity index is 2.47. The van der Waals surface area contributed by atoms with Crippen molar-refractivity contribution < 1.29 is 12.8 Å². The molecule has 1 aromatic heterocycles. The van der Waals surface area contributed by atoms with Crippen LogP contribution in [-0.4, -0.2) is 25.2 Å². The molecule has 1 aromatic carbocycles. The Hall–Kier alpha value is -1.89. The van der Waals surface area contributed by atoms with Crippen LogP contribution in [0.15, 0.2) is 41.6 Å². The normalized spacial score (nSPS) is 11.4. The number of benzene rings is 1. The molecule has 0 unspecified atom stereocenters. The Bertz CT molecular complexity index is 625. The predicted octanol–water partition coefficient (Wildman–Crippen LogP) is 1.76. The monoisotopic (exact) mass is 269 g/mol. The summed E-state index contributed by atoms with van der Waals surface area (Å²) in [5, 5.41) is 5.99. The number of sulfonamides is 1. The third-order valence-corrected chi connectivity index (χ3v) is 4.26. The Morgan fingerprint density at radius 3 is 2.72 bits per heavy atom. The molecule has 0 atom stereocenters. The molecule has 5 nitrogen and oxygen atoms in total. The van der Waals surface area contributed by atoms with E-state index in [9.17, 15) is 12.8 Å². The van der Waals surface area contributed by atoms with Gasteiger partial charge in [0, 0.05) is 6.54 Å². The van der Waals surface area contributed by atoms with Crippen LogP contribution in [0.2, 0.25) is 0 Å². The van der Waals surface area contributed by atoms with Crippen molar-refractivity contribution in [2.75, 3.05) is 10.8 Å². The lowest BCUT2D eigenvalue weighted by molar-refractivity contribution is 0.587. The molecule has 0 amide bonds. The first-order chi connectivity index (χ1) is 8.55. The maximum absolute atomic E-state index is 13.2. The van der Waals surface area contributed by atoms with Crippen molar-refractivity contribution in [1.29, 1.82) is 0 Å². The van der Waals surface area contributed by atoms with E-state index in [1.807, 2.05) is 0 Å². The predicted molar refractivity (Wildman–Crippen MR) is 65.2 cm³/mol. The van der Waals surface area contributed by atoms with E-state index in [0.717, 1.165) is 4.31 Å². The molecular formula is C11H12FN3O2S. The quantitative estimate of drug-likeness (QED) is 0.919. The second kappa shape index (κ2) is 4.77. The number of nitrogens with one attached hydrogen (secondary N) is 1. The van der Waals surface area contributed by atoms with Crippen molar-refractivity contribution in [3.8, 4) is 0 Å². The van der Waals surface area contributed by atoms with Crippen LogP contribution < -0.4 is 4.31 Å². The molecule has 0 saturated carbocycles. The van der Waals surface area contributed by atoms with E-state index in [1.54, 1.807) is 13.0 Å². The van der Waals surface area contributed by atoms with Crippen LogP contribution >= 0.6 is 0 Å². The molecule has 0 saturated heterocycles. The summed E-state index contributed by atoms with van der Waals surface area (Å²) >= 11 is 0. The van der Waals surface area contributed by atoms with Gasteiger partial charge < -0.3 is 0 Å². The van der Waals surface area contributed by atoms with Gasteiger partial charge in [-0.3, -0.25) is 9.40 Å². The van der Waals surface area contributed by atoms with Gasteiger partial charge in [-0.2, -0.15) is 13.5 Å². The summed E-state index contributed by atoms with van der Waals surface area (Å²) in [7, 11) is -3.73. The number of anilines is 1. The van der Waals surface area contributed by atoms with E-state index in [1.165, 1.54) is 30.5 Å². The number of hydrogen-bond donors (Lipinski definition) is 1. The van der Waals surface area contributed by atoms with Gasteiger partial charge in [0.25, 0.3) is 10.0 Å². The van der Waals surface area contributed by atoms with Crippen molar-refractivity contribution >= 4 is 15.7 Å². The minimum atomic E-state index is -3.73. The molecule has 0 aliphatic rings. The van der Waals surface area contributed by atoms with Crippen molar-refractivity contribution in [3.63, 3.8) is 0 Å². The SMILES string of the molecule is CCN(c1cccc(F)c1)S(=O)(=O)c1ccn[nH]1. The smallest absolute Gasteiger partial charge is 0.266 e. The number of hydrogen-bond acceptors (Lipinski definition) is 3. The topological polar surface area (TPSA) is 66.1 Å². The van der Waals surface area contributed by atoms with Crippen LogP contribution in [0, 0.1) is 5.82 Å². The van der Waals surface area contributed by atoms with Gasteiger partial charge in [-0.1, -0.05) is 6.07 Å². The average Bonchev–Trinajstić information content (AvgIpc) is 2.83. The van der Waals surface area contributed by atoms with Crippen LogP contribution in [-0.2, 0) is 10.0 Å². The van der Waals surface area contributed by atoms with Gasteiger partial charge >= 0.3 is 0 Å². The van der Waals surface area contributed by atoms with E-state index in [4.69, 9.17) is 0 Å². The van der Waals surface area contributed by atoms with Crippen molar-refractivity contribution in [2.45, 2.75) is 11.9 Å². The molecule has 0 aliphatic heterocycles. The highest BCUT2D eigenvalue weighted by Crippen LogP contribution is 2.22. The van der Waals surface area contributed by atoms with E-state index < -0.39 is 15.8 Å². The molecule has 18 heavy (non-hydrogen) atoms. The largest absolute Gasteiger partial charge is 0.281 e. The minimum absolute atomic E-state index is 0.0198. The second-order valence-electron chi connectivity index (χ2n) is 3.57. The van der Waals surface area contributed by atoms with E-state index in [0.29, 0.717) is 0 Å². The number of rotatable bonds is 4. The summed E-state index contributed by atoms with van der Waals surface area (Å²) in [6.45, 7) is 1.88. The number of nitrogens with zero attached hydrogens (tertiary/aromatic N) is 2. The van der Waals surface area contributed by atoms with Gasteiger partial charge in [0.05, 0.1) is 11.9 Å². The summed E-state index contributed by atoms with van der Waals surface area (Å²) in [6.07, 6.45) is 1.35. The standard InChI is InChI=1S/C11H12FN3O2S/c1-2-15(10-5-3-4-9(12)8-10)18(16,17)11-6-7-13-14-11/h3-8H,2H2,1H3,(H,13,14). The highest BCUT2D eigenvalue weighted by molar-refractivity contribution is 7.92. The van der Waals surface area contributed by atoms with E-state index in [2.05, 4.69) is 10.2 Å². The van der Waals surface area contributed by atoms with Crippen LogP contribution in [0.3, 0.4) is 0 Å². The van der Waals surface area contributed by atoms with Crippen molar-refractivity contribution in [1.82, 2.24) is 10.2 Å². The zero-order valence-corrected chi connectivity index (χ0v) is 10.5. The number of aromatic nitrogens is 2. The van der Waals surface area contributed by atoms with Gasteiger partial charge in [-0.05, 0) is 31.2 Å². The van der Waals surface area contributed by atoms with Gasteiger partial charge in [-0.15, -0.1) is 0 Å². The zero-order chi connectivity index (χ0) is 13.2. The first-order valence-corrected chi connectivity index (χ1v) is 6.77. The van der Waals surface area contributed by atoms with E-state index >= 15 is 0 Å². The molecule has 0 fully saturated rings. The lowest BCUT2D eigenvalue weighted by Gasteiger charge is -2.21. The molecule has 7 heteroatoms. The first kappa shape index (κ1) is 12.6. The molecule has 2 aromatic rings. The molecule has 96 valence electrons. The van der Waals surface area contributed by atoms with Crippen LogP contribution in [0.1, 0.15) is 6.92 Å². The highest BCUT2D eigenvalue weighted by atomic mass is 32.2. The van der Waals surface area contributed by atoms with Crippen molar-refractivity contribution in [3.05, 3.63) is 42.3 Å². The number of H-pyrrole nitrogens is 1. The molecule has 0 bridgehead atoms. The summed E-state index contributed by atoms with van der Waals surface area (Å²) in [4.78, 5) is 0. The number of halogens is 1. The molecule has 0 radical (unpaired) electrons. The fraction of sp³-hybridized carbons (Fsp3) is 0.182. The highest BCUT2D eigenvalue weighted by Gasteiger charge is 2.24. The van der Waals surface area contributed by atoms with E-state index in [-0.39, 0.29) is 17.3 Å². The maximum Gasteiger partial charge on any atom is 0.281 e. The van der Waals surface area contributed by atoms with Crippen LogP contribution in [0.25, 0.3) is 0 Å². The van der Waals surface area contributed by atoms with Gasteiger partial charge in [0.1, 0.15) is 5.82 Å². The zero-order valence-electron chi connectivity index (χ0n) is 9.67. The Kier molecular flexibility index (Phi) is 3.33. The van der Waals surface area contributed by atoms with Gasteiger partial charge in [0.15, 0.2) is 5.03 Å². The molecular weight excluding hydrogens is 257 g/mol.